The molecule has 112 valence electrons. The highest BCUT2D eigenvalue weighted by molar-refractivity contribution is 5.29. The number of benzene rings is 1. The SMILES string of the molecule is COc1ccc(C(C)NC2CC(C)(C)OC2(C)C)cc1. The van der Waals surface area contributed by atoms with E-state index in [4.69, 9.17) is 9.47 Å². The van der Waals surface area contributed by atoms with Gasteiger partial charge in [0, 0.05) is 12.1 Å². The summed E-state index contributed by atoms with van der Waals surface area (Å²) >= 11 is 0. The predicted molar refractivity (Wildman–Crippen MR) is 82.2 cm³/mol. The third kappa shape index (κ3) is 3.33. The van der Waals surface area contributed by atoms with Crippen molar-refractivity contribution >= 4 is 0 Å². The molecule has 0 bridgehead atoms. The van der Waals surface area contributed by atoms with Gasteiger partial charge in [0.2, 0.25) is 0 Å². The summed E-state index contributed by atoms with van der Waals surface area (Å²) in [6.45, 7) is 10.9. The Bertz CT molecular complexity index is 451. The topological polar surface area (TPSA) is 30.5 Å². The van der Waals surface area contributed by atoms with Crippen LogP contribution in [0, 0.1) is 0 Å². The van der Waals surface area contributed by atoms with Crippen molar-refractivity contribution in [3.63, 3.8) is 0 Å². The van der Waals surface area contributed by atoms with E-state index >= 15 is 0 Å². The van der Waals surface area contributed by atoms with E-state index in [2.05, 4.69) is 52.1 Å². The maximum atomic E-state index is 6.14. The lowest BCUT2D eigenvalue weighted by molar-refractivity contribution is -0.0703. The molecule has 1 N–H and O–H groups in total. The molecule has 1 aliphatic heterocycles. The van der Waals surface area contributed by atoms with E-state index in [0.29, 0.717) is 12.1 Å². The molecule has 0 amide bonds. The van der Waals surface area contributed by atoms with Crippen LogP contribution in [0.1, 0.15) is 52.6 Å². The first-order chi connectivity index (χ1) is 9.23. The molecule has 1 aromatic carbocycles. The highest BCUT2D eigenvalue weighted by atomic mass is 16.5. The number of rotatable bonds is 4. The molecule has 3 heteroatoms. The van der Waals surface area contributed by atoms with Crippen LogP contribution in [0.3, 0.4) is 0 Å². The van der Waals surface area contributed by atoms with Crippen molar-refractivity contribution in [1.82, 2.24) is 5.32 Å². The van der Waals surface area contributed by atoms with E-state index in [1.54, 1.807) is 7.11 Å². The zero-order valence-electron chi connectivity index (χ0n) is 13.5. The van der Waals surface area contributed by atoms with E-state index in [9.17, 15) is 0 Å². The van der Waals surface area contributed by atoms with E-state index in [1.165, 1.54) is 5.56 Å². The fourth-order valence-electron chi connectivity index (χ4n) is 3.11. The Balaban J connectivity index is 2.05. The zero-order valence-corrected chi connectivity index (χ0v) is 13.5. The Morgan fingerprint density at radius 2 is 1.80 bits per heavy atom. The van der Waals surface area contributed by atoms with Gasteiger partial charge in [-0.25, -0.2) is 0 Å². The molecule has 1 aromatic rings. The molecule has 0 radical (unpaired) electrons. The summed E-state index contributed by atoms with van der Waals surface area (Å²) in [6.07, 6.45) is 1.03. The summed E-state index contributed by atoms with van der Waals surface area (Å²) in [5.74, 6) is 0.895. The molecule has 0 saturated carbocycles. The number of ether oxygens (including phenoxy) is 2. The molecule has 2 rings (SSSR count). The minimum Gasteiger partial charge on any atom is -0.497 e. The fraction of sp³-hybridized carbons (Fsp3) is 0.647. The lowest BCUT2D eigenvalue weighted by Crippen LogP contribution is -2.44. The summed E-state index contributed by atoms with van der Waals surface area (Å²) in [7, 11) is 1.69. The highest BCUT2D eigenvalue weighted by Gasteiger charge is 2.46. The van der Waals surface area contributed by atoms with Crippen LogP contribution in [-0.4, -0.2) is 24.4 Å². The van der Waals surface area contributed by atoms with Crippen LogP contribution in [0.15, 0.2) is 24.3 Å². The largest absolute Gasteiger partial charge is 0.497 e. The maximum absolute atomic E-state index is 6.14. The van der Waals surface area contributed by atoms with Gasteiger partial charge >= 0.3 is 0 Å². The summed E-state index contributed by atoms with van der Waals surface area (Å²) in [4.78, 5) is 0. The van der Waals surface area contributed by atoms with Gasteiger partial charge in [-0.15, -0.1) is 0 Å². The second-order valence-electron chi connectivity index (χ2n) is 6.88. The Morgan fingerprint density at radius 1 is 1.20 bits per heavy atom. The second-order valence-corrected chi connectivity index (χ2v) is 6.88. The van der Waals surface area contributed by atoms with E-state index in [-0.39, 0.29) is 11.2 Å². The Kier molecular flexibility index (Phi) is 4.12. The Labute approximate surface area is 122 Å². The van der Waals surface area contributed by atoms with Gasteiger partial charge in [-0.3, -0.25) is 0 Å². The van der Waals surface area contributed by atoms with Crippen molar-refractivity contribution in [3.05, 3.63) is 29.8 Å². The van der Waals surface area contributed by atoms with Gasteiger partial charge in [0.1, 0.15) is 5.75 Å². The quantitative estimate of drug-likeness (QED) is 0.910. The number of nitrogens with one attached hydrogen (secondary N) is 1. The molecule has 1 aliphatic rings. The van der Waals surface area contributed by atoms with Gasteiger partial charge in [0.05, 0.1) is 18.3 Å². The molecule has 3 nitrogen and oxygen atoms in total. The molecule has 1 saturated heterocycles. The normalized spacial score (nSPS) is 25.4. The maximum Gasteiger partial charge on any atom is 0.118 e. The number of methoxy groups -OCH3 is 1. The summed E-state index contributed by atoms with van der Waals surface area (Å²) in [6, 6.07) is 8.90. The van der Waals surface area contributed by atoms with Crippen molar-refractivity contribution in [2.75, 3.05) is 7.11 Å². The molecule has 1 fully saturated rings. The lowest BCUT2D eigenvalue weighted by atomic mass is 9.93. The van der Waals surface area contributed by atoms with Crippen molar-refractivity contribution in [1.29, 1.82) is 0 Å². The minimum absolute atomic E-state index is 0.0548. The van der Waals surface area contributed by atoms with Gasteiger partial charge in [-0.1, -0.05) is 12.1 Å². The van der Waals surface area contributed by atoms with Crippen LogP contribution >= 0.6 is 0 Å². The van der Waals surface area contributed by atoms with Crippen LogP contribution in [-0.2, 0) is 4.74 Å². The molecule has 0 aliphatic carbocycles. The van der Waals surface area contributed by atoms with Crippen molar-refractivity contribution in [2.24, 2.45) is 0 Å². The monoisotopic (exact) mass is 277 g/mol. The first-order valence-electron chi connectivity index (χ1n) is 7.34. The third-order valence-corrected chi connectivity index (χ3v) is 4.14. The average molecular weight is 277 g/mol. The molecular formula is C17H27NO2. The zero-order chi connectivity index (χ0) is 15.0. The van der Waals surface area contributed by atoms with Crippen molar-refractivity contribution < 1.29 is 9.47 Å². The number of hydrogen-bond acceptors (Lipinski definition) is 3. The van der Waals surface area contributed by atoms with Crippen LogP contribution in [0.2, 0.25) is 0 Å². The summed E-state index contributed by atoms with van der Waals surface area (Å²) in [5.41, 5.74) is 1.08. The lowest BCUT2D eigenvalue weighted by Gasteiger charge is -2.30. The predicted octanol–water partition coefficient (Wildman–Crippen LogP) is 3.69. The van der Waals surface area contributed by atoms with Crippen LogP contribution in [0.5, 0.6) is 5.75 Å². The number of hydrogen-bond donors (Lipinski definition) is 1. The molecule has 20 heavy (non-hydrogen) atoms. The molecule has 1 heterocycles. The van der Waals surface area contributed by atoms with Crippen LogP contribution < -0.4 is 10.1 Å². The van der Waals surface area contributed by atoms with Crippen molar-refractivity contribution in [3.8, 4) is 5.75 Å². The fourth-order valence-corrected chi connectivity index (χ4v) is 3.11. The van der Waals surface area contributed by atoms with E-state index in [0.717, 1.165) is 12.2 Å². The first-order valence-corrected chi connectivity index (χ1v) is 7.34. The molecule has 0 spiro atoms. The smallest absolute Gasteiger partial charge is 0.118 e. The molecule has 0 aromatic heterocycles. The molecule has 2 unspecified atom stereocenters. The van der Waals surface area contributed by atoms with Crippen LogP contribution in [0.4, 0.5) is 0 Å². The van der Waals surface area contributed by atoms with Gasteiger partial charge in [0.25, 0.3) is 0 Å². The van der Waals surface area contributed by atoms with Gasteiger partial charge in [-0.05, 0) is 58.7 Å². The Morgan fingerprint density at radius 3 is 2.25 bits per heavy atom. The molecule has 2 atom stereocenters. The van der Waals surface area contributed by atoms with E-state index in [1.807, 2.05) is 12.1 Å². The Hall–Kier alpha value is -1.06. The summed E-state index contributed by atoms with van der Waals surface area (Å²) < 4.78 is 11.3. The minimum atomic E-state index is -0.135. The highest BCUT2D eigenvalue weighted by Crippen LogP contribution is 2.38. The van der Waals surface area contributed by atoms with Gasteiger partial charge in [-0.2, -0.15) is 0 Å². The van der Waals surface area contributed by atoms with Crippen LogP contribution in [0.25, 0.3) is 0 Å². The van der Waals surface area contributed by atoms with Gasteiger partial charge in [0.15, 0.2) is 0 Å². The third-order valence-electron chi connectivity index (χ3n) is 4.14. The standard InChI is InChI=1S/C17H27NO2/c1-12(13-7-9-14(19-6)10-8-13)18-15-11-16(2,3)20-17(15,4)5/h7-10,12,15,18H,11H2,1-6H3. The first kappa shape index (κ1) is 15.3. The van der Waals surface area contributed by atoms with Crippen molar-refractivity contribution in [2.45, 2.75) is 64.3 Å². The van der Waals surface area contributed by atoms with Gasteiger partial charge < -0.3 is 14.8 Å². The van der Waals surface area contributed by atoms with E-state index < -0.39 is 0 Å². The second kappa shape index (κ2) is 5.38. The molecular weight excluding hydrogens is 250 g/mol. The summed E-state index contributed by atoms with van der Waals surface area (Å²) in [5, 5.41) is 3.71. The average Bonchev–Trinajstić information content (AvgIpc) is 2.57.